The quantitative estimate of drug-likeness (QED) is 0.567. The summed E-state index contributed by atoms with van der Waals surface area (Å²) in [4.78, 5) is 10.0. The van der Waals surface area contributed by atoms with E-state index in [9.17, 15) is 4.79 Å². The van der Waals surface area contributed by atoms with Crippen LogP contribution in [0.3, 0.4) is 0 Å². The van der Waals surface area contributed by atoms with Crippen molar-refractivity contribution in [1.29, 1.82) is 0 Å². The van der Waals surface area contributed by atoms with Crippen molar-refractivity contribution >= 4 is 5.97 Å². The summed E-state index contributed by atoms with van der Waals surface area (Å²) in [7, 11) is 0. The Morgan fingerprint density at radius 2 is 1.41 bits per heavy atom. The number of aliphatic hydroxyl groups excluding tert-OH is 1. The number of carboxylic acid groups (broad SMARTS) is 1. The normalized spacial score (nSPS) is 11.7. The third-order valence-electron chi connectivity index (χ3n) is 1.90. The van der Waals surface area contributed by atoms with Gasteiger partial charge in [0.05, 0.1) is 11.2 Å². The van der Waals surface area contributed by atoms with Gasteiger partial charge in [0, 0.05) is 13.0 Å². The van der Waals surface area contributed by atoms with Gasteiger partial charge in [-0.25, -0.2) is 0 Å². The Bertz CT molecular complexity index is 200. The van der Waals surface area contributed by atoms with E-state index in [1.54, 1.807) is 27.7 Å². The SMILES string of the molecule is CC(C)(O)CCCC(=O)O.CC(C)(O)CCO. The van der Waals surface area contributed by atoms with Crippen LogP contribution in [0.2, 0.25) is 0 Å². The van der Waals surface area contributed by atoms with Gasteiger partial charge in [-0.15, -0.1) is 0 Å². The Morgan fingerprint density at radius 1 is 1.00 bits per heavy atom. The van der Waals surface area contributed by atoms with Gasteiger partial charge in [-0.1, -0.05) is 0 Å². The molecule has 5 nitrogen and oxygen atoms in total. The molecule has 0 saturated carbocycles. The number of hydrogen-bond donors (Lipinski definition) is 4. The number of hydrogen-bond acceptors (Lipinski definition) is 4. The molecule has 5 heteroatoms. The van der Waals surface area contributed by atoms with Crippen molar-refractivity contribution in [3.63, 3.8) is 0 Å². The van der Waals surface area contributed by atoms with Crippen LogP contribution in [0.5, 0.6) is 0 Å². The number of aliphatic carboxylic acids is 1. The fourth-order valence-corrected chi connectivity index (χ4v) is 0.946. The number of aliphatic hydroxyl groups is 3. The van der Waals surface area contributed by atoms with Crippen LogP contribution in [-0.2, 0) is 4.79 Å². The number of rotatable bonds is 6. The van der Waals surface area contributed by atoms with E-state index in [4.69, 9.17) is 20.4 Å². The van der Waals surface area contributed by atoms with Gasteiger partial charge in [0.1, 0.15) is 0 Å². The zero-order valence-electron chi connectivity index (χ0n) is 11.2. The molecule has 0 rings (SSSR count). The molecular weight excluding hydrogens is 224 g/mol. The molecule has 0 aromatic heterocycles. The maximum Gasteiger partial charge on any atom is 0.303 e. The Hall–Kier alpha value is -0.650. The van der Waals surface area contributed by atoms with Crippen LogP contribution in [0.4, 0.5) is 0 Å². The highest BCUT2D eigenvalue weighted by Gasteiger charge is 2.12. The van der Waals surface area contributed by atoms with Crippen molar-refractivity contribution < 1.29 is 25.2 Å². The minimum absolute atomic E-state index is 0.0590. The molecule has 0 aromatic rings. The molecule has 4 N–H and O–H groups in total. The number of carbonyl (C=O) groups is 1. The van der Waals surface area contributed by atoms with Gasteiger partial charge in [0.15, 0.2) is 0 Å². The lowest BCUT2D eigenvalue weighted by Crippen LogP contribution is -2.19. The van der Waals surface area contributed by atoms with Crippen molar-refractivity contribution in [2.24, 2.45) is 0 Å². The van der Waals surface area contributed by atoms with Gasteiger partial charge < -0.3 is 20.4 Å². The molecule has 0 bridgehead atoms. The molecular formula is C12H26O5. The summed E-state index contributed by atoms with van der Waals surface area (Å²) >= 11 is 0. The monoisotopic (exact) mass is 250 g/mol. The van der Waals surface area contributed by atoms with Crippen LogP contribution in [-0.4, -0.2) is 44.2 Å². The maximum atomic E-state index is 10.0. The molecule has 0 amide bonds. The number of carboxylic acids is 1. The minimum atomic E-state index is -0.802. The molecule has 0 aliphatic carbocycles. The van der Waals surface area contributed by atoms with Gasteiger partial charge in [0.2, 0.25) is 0 Å². The van der Waals surface area contributed by atoms with Crippen molar-refractivity contribution in [1.82, 2.24) is 0 Å². The standard InChI is InChI=1S/C7H14O3.C5H12O2/c1-7(2,10)5-3-4-6(8)9;1-5(2,7)3-4-6/h10H,3-5H2,1-2H3,(H,8,9);6-7H,3-4H2,1-2H3. The lowest BCUT2D eigenvalue weighted by Gasteiger charge is -2.15. The van der Waals surface area contributed by atoms with Gasteiger partial charge in [-0.2, -0.15) is 0 Å². The molecule has 0 radical (unpaired) electrons. The van der Waals surface area contributed by atoms with E-state index in [0.29, 0.717) is 19.3 Å². The largest absolute Gasteiger partial charge is 0.481 e. The molecule has 0 aromatic carbocycles. The fraction of sp³-hybridized carbons (Fsp3) is 0.917. The van der Waals surface area contributed by atoms with Gasteiger partial charge in [-0.3, -0.25) is 4.79 Å². The highest BCUT2D eigenvalue weighted by molar-refractivity contribution is 5.66. The first-order valence-corrected chi connectivity index (χ1v) is 5.75. The van der Waals surface area contributed by atoms with E-state index in [1.807, 2.05) is 0 Å². The van der Waals surface area contributed by atoms with Crippen LogP contribution < -0.4 is 0 Å². The summed E-state index contributed by atoms with van der Waals surface area (Å²) in [5.74, 6) is -0.802. The zero-order valence-corrected chi connectivity index (χ0v) is 11.2. The third-order valence-corrected chi connectivity index (χ3v) is 1.90. The van der Waals surface area contributed by atoms with Gasteiger partial charge in [-0.05, 0) is 47.0 Å². The Labute approximate surface area is 103 Å². The van der Waals surface area contributed by atoms with Crippen molar-refractivity contribution in [2.75, 3.05) is 6.61 Å². The Balaban J connectivity index is 0. The first-order chi connectivity index (χ1) is 7.48. The van der Waals surface area contributed by atoms with Crippen LogP contribution in [0.25, 0.3) is 0 Å². The second-order valence-corrected chi connectivity index (χ2v) is 5.35. The van der Waals surface area contributed by atoms with E-state index in [2.05, 4.69) is 0 Å². The first kappa shape index (κ1) is 18.7. The van der Waals surface area contributed by atoms with Crippen LogP contribution in [0.1, 0.15) is 53.4 Å². The van der Waals surface area contributed by atoms with Crippen LogP contribution >= 0.6 is 0 Å². The first-order valence-electron chi connectivity index (χ1n) is 5.75. The second kappa shape index (κ2) is 8.44. The van der Waals surface area contributed by atoms with Crippen molar-refractivity contribution in [2.45, 2.75) is 64.6 Å². The molecule has 0 spiro atoms. The molecule has 0 saturated heterocycles. The molecule has 0 aliphatic rings. The van der Waals surface area contributed by atoms with Crippen LogP contribution in [0.15, 0.2) is 0 Å². The summed E-state index contributed by atoms with van der Waals surface area (Å²) in [6.07, 6.45) is 1.68. The fourth-order valence-electron chi connectivity index (χ4n) is 0.946. The van der Waals surface area contributed by atoms with E-state index in [1.165, 1.54) is 0 Å². The lowest BCUT2D eigenvalue weighted by molar-refractivity contribution is -0.137. The topological polar surface area (TPSA) is 98.0 Å². The highest BCUT2D eigenvalue weighted by atomic mass is 16.4. The second-order valence-electron chi connectivity index (χ2n) is 5.35. The van der Waals surface area contributed by atoms with Crippen LogP contribution in [0, 0.1) is 0 Å². The Kier molecular flexibility index (Phi) is 9.29. The molecule has 0 atom stereocenters. The van der Waals surface area contributed by atoms with Gasteiger partial charge in [0.25, 0.3) is 0 Å². The lowest BCUT2D eigenvalue weighted by atomic mass is 10.0. The zero-order chi connectivity index (χ0) is 14.1. The summed E-state index contributed by atoms with van der Waals surface area (Å²) in [6.45, 7) is 6.75. The van der Waals surface area contributed by atoms with E-state index in [-0.39, 0.29) is 13.0 Å². The summed E-state index contributed by atoms with van der Waals surface area (Å²) < 4.78 is 0. The maximum absolute atomic E-state index is 10.0. The average Bonchev–Trinajstić information content (AvgIpc) is 1.98. The van der Waals surface area contributed by atoms with E-state index in [0.717, 1.165) is 0 Å². The van der Waals surface area contributed by atoms with Crippen molar-refractivity contribution in [3.8, 4) is 0 Å². The van der Waals surface area contributed by atoms with Gasteiger partial charge >= 0.3 is 5.97 Å². The third kappa shape index (κ3) is 25.5. The average molecular weight is 250 g/mol. The molecule has 0 fully saturated rings. The summed E-state index contributed by atoms with van der Waals surface area (Å²) in [5, 5.41) is 34.5. The van der Waals surface area contributed by atoms with E-state index < -0.39 is 17.2 Å². The molecule has 0 aliphatic heterocycles. The van der Waals surface area contributed by atoms with Crippen molar-refractivity contribution in [3.05, 3.63) is 0 Å². The molecule has 104 valence electrons. The minimum Gasteiger partial charge on any atom is -0.481 e. The Morgan fingerprint density at radius 3 is 1.59 bits per heavy atom. The predicted molar refractivity (Wildman–Crippen MR) is 65.8 cm³/mol. The summed E-state index contributed by atoms with van der Waals surface area (Å²) in [5.41, 5.74) is -1.43. The van der Waals surface area contributed by atoms with E-state index >= 15 is 0 Å². The predicted octanol–water partition coefficient (Wildman–Crippen LogP) is 1.15. The highest BCUT2D eigenvalue weighted by Crippen LogP contribution is 2.11. The summed E-state index contributed by atoms with van der Waals surface area (Å²) in [6, 6.07) is 0. The molecule has 0 heterocycles. The smallest absolute Gasteiger partial charge is 0.303 e. The molecule has 17 heavy (non-hydrogen) atoms. The molecule has 0 unspecified atom stereocenters.